The van der Waals surface area contributed by atoms with Gasteiger partial charge >= 0.3 is 12.1 Å². The van der Waals surface area contributed by atoms with E-state index in [-0.39, 0.29) is 18.1 Å². The summed E-state index contributed by atoms with van der Waals surface area (Å²) in [6.45, 7) is 3.42. The van der Waals surface area contributed by atoms with E-state index < -0.39 is 24.0 Å². The Morgan fingerprint density at radius 3 is 2.21 bits per heavy atom. The van der Waals surface area contributed by atoms with Gasteiger partial charge in [-0.25, -0.2) is 9.59 Å². The normalized spacial score (nSPS) is 12.9. The van der Waals surface area contributed by atoms with Gasteiger partial charge in [0.1, 0.15) is 12.6 Å². The summed E-state index contributed by atoms with van der Waals surface area (Å²) in [5, 5.41) is 14.5. The highest BCUT2D eigenvalue weighted by Gasteiger charge is 2.29. The summed E-state index contributed by atoms with van der Waals surface area (Å²) in [6, 6.07) is 18.2. The van der Waals surface area contributed by atoms with Crippen LogP contribution in [-0.2, 0) is 9.53 Å². The molecule has 0 aromatic heterocycles. The van der Waals surface area contributed by atoms with Crippen molar-refractivity contribution in [1.82, 2.24) is 5.32 Å². The van der Waals surface area contributed by atoms with Crippen LogP contribution in [-0.4, -0.2) is 35.7 Å². The Hall–Kier alpha value is -3.65. The van der Waals surface area contributed by atoms with Crippen LogP contribution in [0.15, 0.2) is 65.1 Å². The van der Waals surface area contributed by atoms with E-state index in [4.69, 9.17) is 4.74 Å². The summed E-state index contributed by atoms with van der Waals surface area (Å²) in [7, 11) is 0. The number of rotatable bonds is 6. The predicted molar refractivity (Wildman–Crippen MR) is 132 cm³/mol. The Morgan fingerprint density at radius 2 is 1.62 bits per heavy atom. The van der Waals surface area contributed by atoms with Crippen molar-refractivity contribution >= 4 is 39.6 Å². The summed E-state index contributed by atoms with van der Waals surface area (Å²) < 4.78 is 5.90. The third-order valence-electron chi connectivity index (χ3n) is 5.87. The minimum Gasteiger partial charge on any atom is -0.478 e. The molecule has 8 heteroatoms. The Kier molecular flexibility index (Phi) is 6.70. The van der Waals surface area contributed by atoms with Crippen molar-refractivity contribution < 1.29 is 24.2 Å². The number of carbonyl (C=O) groups is 3. The van der Waals surface area contributed by atoms with E-state index in [2.05, 4.69) is 38.7 Å². The van der Waals surface area contributed by atoms with Gasteiger partial charge in [-0.05, 0) is 69.7 Å². The van der Waals surface area contributed by atoms with Crippen molar-refractivity contribution in [2.45, 2.75) is 25.8 Å². The van der Waals surface area contributed by atoms with E-state index in [0.29, 0.717) is 15.7 Å². The standard InChI is InChI=1S/C26H23BrN2O5/c1-14-11-22(27)20(25(31)32)12-23(14)29-24(30)15(2)28-26(33)34-13-21-18-9-5-3-7-16(18)17-8-4-6-10-19(17)21/h3-12,15,21H,13H2,1-2H3,(H,28,33)(H,29,30)(H,31,32)/t15-/m0/s1. The first kappa shape index (κ1) is 23.5. The molecule has 0 fully saturated rings. The number of hydrogen-bond donors (Lipinski definition) is 3. The molecule has 2 amide bonds. The number of carboxylic acids is 1. The van der Waals surface area contributed by atoms with Crippen LogP contribution >= 0.6 is 15.9 Å². The molecule has 1 atom stereocenters. The highest BCUT2D eigenvalue weighted by molar-refractivity contribution is 9.10. The summed E-state index contributed by atoms with van der Waals surface area (Å²) in [6.07, 6.45) is -0.705. The summed E-state index contributed by atoms with van der Waals surface area (Å²) in [5.41, 5.74) is 5.52. The number of nitrogens with one attached hydrogen (secondary N) is 2. The molecule has 0 spiro atoms. The third kappa shape index (κ3) is 4.68. The van der Waals surface area contributed by atoms with Crippen LogP contribution in [0.1, 0.15) is 39.9 Å². The second-order valence-corrected chi connectivity index (χ2v) is 8.99. The molecule has 3 N–H and O–H groups in total. The summed E-state index contributed by atoms with van der Waals surface area (Å²) in [5.74, 6) is -1.69. The van der Waals surface area contributed by atoms with Crippen molar-refractivity contribution in [3.05, 3.63) is 87.4 Å². The van der Waals surface area contributed by atoms with E-state index >= 15 is 0 Å². The number of fused-ring (bicyclic) bond motifs is 3. The number of ether oxygens (including phenoxy) is 1. The fourth-order valence-electron chi connectivity index (χ4n) is 4.09. The number of carboxylic acid groups (broad SMARTS) is 1. The average Bonchev–Trinajstić information content (AvgIpc) is 3.13. The zero-order valence-corrected chi connectivity index (χ0v) is 20.2. The topological polar surface area (TPSA) is 105 Å². The maximum absolute atomic E-state index is 12.6. The number of hydrogen-bond acceptors (Lipinski definition) is 4. The van der Waals surface area contributed by atoms with Gasteiger partial charge in [0.25, 0.3) is 0 Å². The molecule has 1 aliphatic carbocycles. The van der Waals surface area contributed by atoms with Gasteiger partial charge in [-0.3, -0.25) is 4.79 Å². The molecular formula is C26H23BrN2O5. The maximum Gasteiger partial charge on any atom is 0.407 e. The zero-order valence-electron chi connectivity index (χ0n) is 18.6. The van der Waals surface area contributed by atoms with Gasteiger partial charge in [0.15, 0.2) is 0 Å². The molecule has 3 aromatic rings. The average molecular weight is 523 g/mol. The lowest BCUT2D eigenvalue weighted by Gasteiger charge is -2.18. The summed E-state index contributed by atoms with van der Waals surface area (Å²) in [4.78, 5) is 36.4. The van der Waals surface area contributed by atoms with Crippen LogP contribution in [0.25, 0.3) is 11.1 Å². The van der Waals surface area contributed by atoms with Crippen molar-refractivity contribution in [3.63, 3.8) is 0 Å². The lowest BCUT2D eigenvalue weighted by molar-refractivity contribution is -0.117. The third-order valence-corrected chi connectivity index (χ3v) is 6.53. The highest BCUT2D eigenvalue weighted by atomic mass is 79.9. The van der Waals surface area contributed by atoms with Crippen molar-refractivity contribution in [2.75, 3.05) is 11.9 Å². The fourth-order valence-corrected chi connectivity index (χ4v) is 4.72. The number of halogens is 1. The molecular weight excluding hydrogens is 500 g/mol. The van der Waals surface area contributed by atoms with Gasteiger partial charge in [-0.2, -0.15) is 0 Å². The molecule has 4 rings (SSSR count). The minimum absolute atomic E-state index is 0.0260. The Labute approximate surface area is 205 Å². The molecule has 0 bridgehead atoms. The number of benzene rings is 3. The van der Waals surface area contributed by atoms with Gasteiger partial charge < -0.3 is 20.5 Å². The Balaban J connectivity index is 1.38. The molecule has 1 aliphatic rings. The molecule has 0 saturated carbocycles. The van der Waals surface area contributed by atoms with Crippen molar-refractivity contribution in [2.24, 2.45) is 0 Å². The van der Waals surface area contributed by atoms with E-state index in [9.17, 15) is 19.5 Å². The lowest BCUT2D eigenvalue weighted by atomic mass is 9.98. The van der Waals surface area contributed by atoms with Crippen LogP contribution in [0.4, 0.5) is 10.5 Å². The van der Waals surface area contributed by atoms with E-state index in [1.807, 2.05) is 36.4 Å². The quantitative estimate of drug-likeness (QED) is 0.406. The monoisotopic (exact) mass is 522 g/mol. The van der Waals surface area contributed by atoms with Crippen LogP contribution in [0.2, 0.25) is 0 Å². The molecule has 0 heterocycles. The second kappa shape index (κ2) is 9.69. The Bertz CT molecular complexity index is 1240. The van der Waals surface area contributed by atoms with E-state index in [0.717, 1.165) is 22.3 Å². The van der Waals surface area contributed by atoms with Gasteiger partial charge in [0.05, 0.1) is 5.56 Å². The smallest absolute Gasteiger partial charge is 0.407 e. The first-order valence-electron chi connectivity index (χ1n) is 10.7. The molecule has 0 unspecified atom stereocenters. The van der Waals surface area contributed by atoms with Gasteiger partial charge in [-0.1, -0.05) is 48.5 Å². The molecule has 0 radical (unpaired) electrons. The fraction of sp³-hybridized carbons (Fsp3) is 0.192. The number of carbonyl (C=O) groups excluding carboxylic acids is 2. The largest absolute Gasteiger partial charge is 0.478 e. The maximum atomic E-state index is 12.6. The first-order chi connectivity index (χ1) is 16.3. The van der Waals surface area contributed by atoms with Gasteiger partial charge in [0, 0.05) is 16.1 Å². The minimum atomic E-state index is -1.12. The van der Waals surface area contributed by atoms with Gasteiger partial charge in [0.2, 0.25) is 5.91 Å². The number of aryl methyl sites for hydroxylation is 1. The number of aromatic carboxylic acids is 1. The van der Waals surface area contributed by atoms with Crippen LogP contribution in [0, 0.1) is 6.92 Å². The van der Waals surface area contributed by atoms with Crippen molar-refractivity contribution in [3.8, 4) is 11.1 Å². The molecule has 34 heavy (non-hydrogen) atoms. The zero-order chi connectivity index (χ0) is 24.4. The van der Waals surface area contributed by atoms with Crippen LogP contribution in [0.5, 0.6) is 0 Å². The molecule has 7 nitrogen and oxygen atoms in total. The van der Waals surface area contributed by atoms with Crippen LogP contribution in [0.3, 0.4) is 0 Å². The van der Waals surface area contributed by atoms with Gasteiger partial charge in [-0.15, -0.1) is 0 Å². The van der Waals surface area contributed by atoms with E-state index in [1.165, 1.54) is 13.0 Å². The SMILES string of the molecule is Cc1cc(Br)c(C(=O)O)cc1NC(=O)[C@H](C)NC(=O)OCC1c2ccccc2-c2ccccc21. The predicted octanol–water partition coefficient (Wildman–Crippen LogP) is 5.32. The molecule has 0 saturated heterocycles. The Morgan fingerprint density at radius 1 is 1.03 bits per heavy atom. The molecule has 174 valence electrons. The first-order valence-corrected chi connectivity index (χ1v) is 11.5. The summed E-state index contributed by atoms with van der Waals surface area (Å²) >= 11 is 3.21. The molecule has 3 aromatic carbocycles. The highest BCUT2D eigenvalue weighted by Crippen LogP contribution is 2.44. The van der Waals surface area contributed by atoms with E-state index in [1.54, 1.807) is 13.0 Å². The number of alkyl carbamates (subject to hydrolysis) is 1. The molecule has 0 aliphatic heterocycles. The van der Waals surface area contributed by atoms with Crippen molar-refractivity contribution in [1.29, 1.82) is 0 Å². The van der Waals surface area contributed by atoms with Crippen LogP contribution < -0.4 is 10.6 Å². The lowest BCUT2D eigenvalue weighted by Crippen LogP contribution is -2.42. The number of anilines is 1. The number of amides is 2. The second-order valence-electron chi connectivity index (χ2n) is 8.13.